The van der Waals surface area contributed by atoms with Crippen molar-refractivity contribution in [2.75, 3.05) is 0 Å². The van der Waals surface area contributed by atoms with E-state index in [0.717, 1.165) is 5.56 Å². The number of nitrogens with one attached hydrogen (secondary N) is 1. The molecule has 2 rings (SSSR count). The van der Waals surface area contributed by atoms with E-state index in [4.69, 9.17) is 23.2 Å². The lowest BCUT2D eigenvalue weighted by Gasteiger charge is -2.21. The molecule has 23 heavy (non-hydrogen) atoms. The van der Waals surface area contributed by atoms with Gasteiger partial charge in [-0.3, -0.25) is 4.79 Å². The van der Waals surface area contributed by atoms with Crippen LogP contribution >= 0.6 is 23.2 Å². The SMILES string of the molecule is C[C@H](NC(=O)c1cc(Cl)cnc1Cl)c1ccc(C(C)(C)C)cc1. The highest BCUT2D eigenvalue weighted by molar-refractivity contribution is 6.34. The first-order chi connectivity index (χ1) is 10.7. The van der Waals surface area contributed by atoms with Gasteiger partial charge in [0.2, 0.25) is 0 Å². The third-order valence-electron chi connectivity index (χ3n) is 3.67. The van der Waals surface area contributed by atoms with E-state index in [1.807, 2.05) is 19.1 Å². The van der Waals surface area contributed by atoms with Gasteiger partial charge >= 0.3 is 0 Å². The number of rotatable bonds is 3. The lowest BCUT2D eigenvalue weighted by Crippen LogP contribution is -2.27. The van der Waals surface area contributed by atoms with Gasteiger partial charge in [0, 0.05) is 6.20 Å². The summed E-state index contributed by atoms with van der Waals surface area (Å²) >= 11 is 11.8. The molecule has 0 bridgehead atoms. The summed E-state index contributed by atoms with van der Waals surface area (Å²) in [6, 6.07) is 9.61. The summed E-state index contributed by atoms with van der Waals surface area (Å²) in [5, 5.41) is 3.43. The van der Waals surface area contributed by atoms with Crippen LogP contribution in [0, 0.1) is 0 Å². The van der Waals surface area contributed by atoms with Gasteiger partial charge in [0.25, 0.3) is 5.91 Å². The first-order valence-corrected chi connectivity index (χ1v) is 8.16. The van der Waals surface area contributed by atoms with E-state index >= 15 is 0 Å². The Bertz CT molecular complexity index is 706. The van der Waals surface area contributed by atoms with Crippen molar-refractivity contribution in [3.05, 3.63) is 63.4 Å². The Morgan fingerprint density at radius 2 is 1.78 bits per heavy atom. The number of carbonyl (C=O) groups is 1. The topological polar surface area (TPSA) is 42.0 Å². The van der Waals surface area contributed by atoms with Crippen LogP contribution in [0.1, 0.15) is 55.2 Å². The second-order valence-electron chi connectivity index (χ2n) is 6.56. The Labute approximate surface area is 147 Å². The highest BCUT2D eigenvalue weighted by Gasteiger charge is 2.17. The Hall–Kier alpha value is -1.58. The second kappa shape index (κ2) is 6.90. The lowest BCUT2D eigenvalue weighted by molar-refractivity contribution is 0.0939. The van der Waals surface area contributed by atoms with Crippen LogP contribution in [0.4, 0.5) is 0 Å². The molecule has 0 saturated heterocycles. The first kappa shape index (κ1) is 17.8. The van der Waals surface area contributed by atoms with E-state index in [-0.39, 0.29) is 28.1 Å². The molecule has 122 valence electrons. The van der Waals surface area contributed by atoms with Crippen LogP contribution in [0.15, 0.2) is 36.5 Å². The fourth-order valence-corrected chi connectivity index (χ4v) is 2.56. The summed E-state index contributed by atoms with van der Waals surface area (Å²) in [5.41, 5.74) is 2.65. The Morgan fingerprint density at radius 3 is 2.35 bits per heavy atom. The minimum absolute atomic E-state index is 0.102. The fraction of sp³-hybridized carbons (Fsp3) is 0.333. The number of carbonyl (C=O) groups excluding carboxylic acids is 1. The monoisotopic (exact) mass is 350 g/mol. The molecule has 1 atom stereocenters. The smallest absolute Gasteiger partial charge is 0.254 e. The highest BCUT2D eigenvalue weighted by Crippen LogP contribution is 2.24. The second-order valence-corrected chi connectivity index (χ2v) is 7.35. The van der Waals surface area contributed by atoms with Crippen molar-refractivity contribution in [2.24, 2.45) is 0 Å². The maximum Gasteiger partial charge on any atom is 0.254 e. The van der Waals surface area contributed by atoms with E-state index in [2.05, 4.69) is 43.2 Å². The fourth-order valence-electron chi connectivity index (χ4n) is 2.21. The van der Waals surface area contributed by atoms with Crippen LogP contribution in [-0.2, 0) is 5.41 Å². The number of halogens is 2. The molecule has 0 fully saturated rings. The zero-order valence-corrected chi connectivity index (χ0v) is 15.2. The Morgan fingerprint density at radius 1 is 1.17 bits per heavy atom. The summed E-state index contributed by atoms with van der Waals surface area (Å²) in [5.74, 6) is -0.294. The summed E-state index contributed by atoms with van der Waals surface area (Å²) in [7, 11) is 0. The number of nitrogens with zero attached hydrogens (tertiary/aromatic N) is 1. The maximum absolute atomic E-state index is 12.3. The van der Waals surface area contributed by atoms with Gasteiger partial charge in [0.05, 0.1) is 16.6 Å². The van der Waals surface area contributed by atoms with Crippen molar-refractivity contribution in [3.8, 4) is 0 Å². The molecule has 1 N–H and O–H groups in total. The van der Waals surface area contributed by atoms with Crippen LogP contribution in [0.3, 0.4) is 0 Å². The van der Waals surface area contributed by atoms with Crippen molar-refractivity contribution < 1.29 is 4.79 Å². The minimum atomic E-state index is -0.294. The summed E-state index contributed by atoms with van der Waals surface area (Å²) in [6.07, 6.45) is 1.41. The Balaban J connectivity index is 2.14. The van der Waals surface area contributed by atoms with E-state index in [1.54, 1.807) is 0 Å². The highest BCUT2D eigenvalue weighted by atomic mass is 35.5. The molecule has 0 aliphatic carbocycles. The number of amides is 1. The average molecular weight is 351 g/mol. The molecule has 1 amide bonds. The summed E-state index contributed by atoms with van der Waals surface area (Å²) in [4.78, 5) is 16.2. The predicted molar refractivity (Wildman–Crippen MR) is 95.3 cm³/mol. The molecule has 0 aliphatic heterocycles. The number of aromatic nitrogens is 1. The molecule has 0 aliphatic rings. The van der Waals surface area contributed by atoms with Crippen LogP contribution in [0.2, 0.25) is 10.2 Å². The molecule has 0 radical (unpaired) electrons. The van der Waals surface area contributed by atoms with Gasteiger partial charge in [0.15, 0.2) is 0 Å². The Kier molecular flexibility index (Phi) is 5.33. The van der Waals surface area contributed by atoms with Crippen LogP contribution in [0.25, 0.3) is 0 Å². The average Bonchev–Trinajstić information content (AvgIpc) is 2.48. The number of hydrogen-bond acceptors (Lipinski definition) is 2. The van der Waals surface area contributed by atoms with Gasteiger partial charge in [-0.15, -0.1) is 0 Å². The van der Waals surface area contributed by atoms with Gasteiger partial charge in [-0.05, 0) is 29.5 Å². The molecule has 0 saturated carbocycles. The summed E-state index contributed by atoms with van der Waals surface area (Å²) < 4.78 is 0. The minimum Gasteiger partial charge on any atom is -0.345 e. The van der Waals surface area contributed by atoms with Gasteiger partial charge < -0.3 is 5.32 Å². The van der Waals surface area contributed by atoms with E-state index in [1.165, 1.54) is 17.8 Å². The quantitative estimate of drug-likeness (QED) is 0.775. The van der Waals surface area contributed by atoms with Crippen LogP contribution in [-0.4, -0.2) is 10.9 Å². The normalized spacial score (nSPS) is 12.8. The zero-order valence-electron chi connectivity index (χ0n) is 13.7. The molecule has 2 aromatic rings. The first-order valence-electron chi connectivity index (χ1n) is 7.41. The van der Waals surface area contributed by atoms with Crippen LogP contribution < -0.4 is 5.32 Å². The molecular weight excluding hydrogens is 331 g/mol. The van der Waals surface area contributed by atoms with Gasteiger partial charge in [-0.1, -0.05) is 68.2 Å². The zero-order chi connectivity index (χ0) is 17.2. The van der Waals surface area contributed by atoms with Crippen molar-refractivity contribution in [1.82, 2.24) is 10.3 Å². The molecular formula is C18H20Cl2N2O. The largest absolute Gasteiger partial charge is 0.345 e. The molecule has 0 unspecified atom stereocenters. The van der Waals surface area contributed by atoms with Gasteiger partial charge in [0.1, 0.15) is 5.15 Å². The van der Waals surface area contributed by atoms with E-state index in [9.17, 15) is 4.79 Å². The van der Waals surface area contributed by atoms with E-state index in [0.29, 0.717) is 5.02 Å². The van der Waals surface area contributed by atoms with Gasteiger partial charge in [-0.2, -0.15) is 0 Å². The predicted octanol–water partition coefficient (Wildman–Crippen LogP) is 5.18. The van der Waals surface area contributed by atoms with E-state index < -0.39 is 0 Å². The van der Waals surface area contributed by atoms with Crippen LogP contribution in [0.5, 0.6) is 0 Å². The van der Waals surface area contributed by atoms with Crippen molar-refractivity contribution >= 4 is 29.1 Å². The van der Waals surface area contributed by atoms with Gasteiger partial charge in [-0.25, -0.2) is 4.98 Å². The third-order valence-corrected chi connectivity index (χ3v) is 4.18. The maximum atomic E-state index is 12.3. The van der Waals surface area contributed by atoms with Crippen molar-refractivity contribution in [3.63, 3.8) is 0 Å². The molecule has 0 spiro atoms. The van der Waals surface area contributed by atoms with Crippen molar-refractivity contribution in [2.45, 2.75) is 39.2 Å². The number of benzene rings is 1. The molecule has 1 heterocycles. The van der Waals surface area contributed by atoms with Crippen molar-refractivity contribution in [1.29, 1.82) is 0 Å². The third kappa shape index (κ3) is 4.46. The number of pyridine rings is 1. The molecule has 1 aromatic heterocycles. The molecule has 3 nitrogen and oxygen atoms in total. The standard InChI is InChI=1S/C18H20Cl2N2O/c1-11(12-5-7-13(8-6-12)18(2,3)4)22-17(23)15-9-14(19)10-21-16(15)20/h5-11H,1-4H3,(H,22,23)/t11-/m0/s1. The molecule has 1 aromatic carbocycles. The summed E-state index contributed by atoms with van der Waals surface area (Å²) in [6.45, 7) is 8.43. The number of hydrogen-bond donors (Lipinski definition) is 1. The lowest BCUT2D eigenvalue weighted by atomic mass is 9.86. The molecule has 5 heteroatoms.